The molecule has 0 amide bonds. The van der Waals surface area contributed by atoms with Crippen LogP contribution < -0.4 is 10.3 Å². The summed E-state index contributed by atoms with van der Waals surface area (Å²) in [6.45, 7) is 3.74. The van der Waals surface area contributed by atoms with Gasteiger partial charge in [-0.15, -0.1) is 0 Å². The SMILES string of the molecule is Cc1ccc(-c2cc(C(F)(F)F)nn2-c2ccc(S(N)(=O)=O)cc2)cc1.Cc1ccc(-c2cc(C(F)(F)F)nn2-c2ccc(S(N)(=O)=O)cc2)cc1.c1cc(CCc2ccncc2)ccn1.c1cc(CCc2ccncc2)ccn1. The Labute approximate surface area is 458 Å². The summed E-state index contributed by atoms with van der Waals surface area (Å²) in [5.41, 5.74) is 7.31. The Kier molecular flexibility index (Phi) is 19.4. The average molecular weight is 1130 g/mol. The highest BCUT2D eigenvalue weighted by atomic mass is 32.2. The predicted octanol–water partition coefficient (Wildman–Crippen LogP) is 11.6. The van der Waals surface area contributed by atoms with E-state index >= 15 is 0 Å². The van der Waals surface area contributed by atoms with Gasteiger partial charge in [0.15, 0.2) is 11.4 Å². The van der Waals surface area contributed by atoms with Crippen LogP contribution in [0.15, 0.2) is 217 Å². The molecule has 6 heterocycles. The molecule has 14 nitrogen and oxygen atoms in total. The molecule has 0 saturated heterocycles. The zero-order valence-corrected chi connectivity index (χ0v) is 44.5. The van der Waals surface area contributed by atoms with Gasteiger partial charge in [0.1, 0.15) is 0 Å². The van der Waals surface area contributed by atoms with Crippen LogP contribution in [-0.2, 0) is 58.1 Å². The van der Waals surface area contributed by atoms with Crippen molar-refractivity contribution in [2.45, 2.75) is 61.7 Å². The number of hydrogen-bond acceptors (Lipinski definition) is 10. The lowest BCUT2D eigenvalue weighted by Gasteiger charge is -2.09. The molecule has 4 aromatic carbocycles. The van der Waals surface area contributed by atoms with Gasteiger partial charge >= 0.3 is 12.4 Å². The maximum absolute atomic E-state index is 13.1. The number of pyridine rings is 4. The fraction of sp³-hybridized carbons (Fsp3) is 0.138. The first kappa shape index (κ1) is 59.0. The third kappa shape index (κ3) is 17.1. The first-order valence-electron chi connectivity index (χ1n) is 24.3. The van der Waals surface area contributed by atoms with Gasteiger partial charge in [0.25, 0.3) is 0 Å². The van der Waals surface area contributed by atoms with Gasteiger partial charge in [-0.25, -0.2) is 36.5 Å². The standard InChI is InChI=1S/2C17H14F3N3O2S.2C12H12N2/c2*1-11-2-4-12(5-3-11)15-10-16(17(18,19)20)22-23(15)13-6-8-14(9-7-13)26(21,24)25;2*1(11-3-7-13-8-4-11)2-12-5-9-14-10-6-12/h2*2-10H,1H3,(H2,21,24,25);2*3-10H,1-2H2. The molecule has 6 aromatic heterocycles. The van der Waals surface area contributed by atoms with E-state index < -0.39 is 43.8 Å². The fourth-order valence-electron chi connectivity index (χ4n) is 7.62. The maximum Gasteiger partial charge on any atom is 0.435 e. The van der Waals surface area contributed by atoms with E-state index in [0.717, 1.165) is 58.3 Å². The van der Waals surface area contributed by atoms with Crippen LogP contribution in [-0.4, -0.2) is 56.3 Å². The van der Waals surface area contributed by atoms with Crippen LogP contribution in [0.5, 0.6) is 0 Å². The van der Waals surface area contributed by atoms with Gasteiger partial charge in [-0.2, -0.15) is 36.5 Å². The van der Waals surface area contributed by atoms with E-state index in [0.29, 0.717) is 11.1 Å². The van der Waals surface area contributed by atoms with Crippen molar-refractivity contribution in [2.24, 2.45) is 10.3 Å². The van der Waals surface area contributed by atoms with Crippen molar-refractivity contribution in [3.63, 3.8) is 0 Å². The van der Waals surface area contributed by atoms with Gasteiger partial charge < -0.3 is 0 Å². The molecule has 10 rings (SSSR count). The molecular formula is C58H52F6N10O4S2. The molecule has 0 aliphatic carbocycles. The van der Waals surface area contributed by atoms with E-state index in [-0.39, 0.29) is 32.6 Å². The largest absolute Gasteiger partial charge is 0.435 e. The normalized spacial score (nSPS) is 11.5. The van der Waals surface area contributed by atoms with Gasteiger partial charge in [0, 0.05) is 60.7 Å². The number of nitrogens with two attached hydrogens (primary N) is 2. The molecule has 0 atom stereocenters. The van der Waals surface area contributed by atoms with Crippen LogP contribution in [0, 0.1) is 13.8 Å². The number of sulfonamides is 2. The Bertz CT molecular complexity index is 3450. The van der Waals surface area contributed by atoms with Crippen LogP contribution in [0.4, 0.5) is 26.3 Å². The highest BCUT2D eigenvalue weighted by molar-refractivity contribution is 7.89. The lowest BCUT2D eigenvalue weighted by atomic mass is 10.1. The van der Waals surface area contributed by atoms with E-state index in [1.165, 1.54) is 70.8 Å². The molecule has 0 aliphatic heterocycles. The van der Waals surface area contributed by atoms with Crippen molar-refractivity contribution in [1.29, 1.82) is 0 Å². The molecule has 0 fully saturated rings. The van der Waals surface area contributed by atoms with E-state index in [9.17, 15) is 43.2 Å². The van der Waals surface area contributed by atoms with E-state index in [1.54, 1.807) is 48.5 Å². The van der Waals surface area contributed by atoms with Gasteiger partial charge in [-0.3, -0.25) is 19.9 Å². The summed E-state index contributed by atoms with van der Waals surface area (Å²) in [6.07, 6.45) is 9.72. The van der Waals surface area contributed by atoms with E-state index in [4.69, 9.17) is 10.3 Å². The molecule has 22 heteroatoms. The minimum Gasteiger partial charge on any atom is -0.265 e. The van der Waals surface area contributed by atoms with Gasteiger partial charge in [-0.05, 0) is 171 Å². The molecule has 10 aromatic rings. The van der Waals surface area contributed by atoms with Gasteiger partial charge in [0.05, 0.1) is 32.6 Å². The van der Waals surface area contributed by atoms with Crippen molar-refractivity contribution in [3.05, 3.63) is 252 Å². The number of hydrogen-bond donors (Lipinski definition) is 2. The summed E-state index contributed by atoms with van der Waals surface area (Å²) in [5.74, 6) is 0. The Morgan fingerprint density at radius 2 is 0.637 bits per heavy atom. The molecule has 80 heavy (non-hydrogen) atoms. The molecule has 0 saturated carbocycles. The lowest BCUT2D eigenvalue weighted by Crippen LogP contribution is -2.12. The van der Waals surface area contributed by atoms with Gasteiger partial charge in [0.2, 0.25) is 20.0 Å². The third-order valence-corrected chi connectivity index (χ3v) is 13.8. The first-order chi connectivity index (χ1) is 38.0. The molecule has 412 valence electrons. The first-order valence-corrected chi connectivity index (χ1v) is 27.4. The third-order valence-electron chi connectivity index (χ3n) is 11.9. The quantitative estimate of drug-likeness (QED) is 0.111. The molecular weight excluding hydrogens is 1080 g/mol. The van der Waals surface area contributed by atoms with Crippen LogP contribution >= 0.6 is 0 Å². The maximum atomic E-state index is 13.1. The number of alkyl halides is 6. The number of benzene rings is 4. The number of aryl methyl sites for hydroxylation is 6. The Balaban J connectivity index is 0.000000160. The zero-order chi connectivity index (χ0) is 57.5. The second-order valence-electron chi connectivity index (χ2n) is 17.9. The summed E-state index contributed by atoms with van der Waals surface area (Å²) in [6, 6.07) is 42.6. The van der Waals surface area contributed by atoms with Crippen LogP contribution in [0.2, 0.25) is 0 Å². The summed E-state index contributed by atoms with van der Waals surface area (Å²) in [4.78, 5) is 15.7. The molecule has 0 radical (unpaired) electrons. The van der Waals surface area contributed by atoms with Crippen molar-refractivity contribution < 1.29 is 43.2 Å². The van der Waals surface area contributed by atoms with Crippen LogP contribution in [0.1, 0.15) is 44.8 Å². The van der Waals surface area contributed by atoms with Gasteiger partial charge in [-0.1, -0.05) is 59.7 Å². The second kappa shape index (κ2) is 26.3. The fourth-order valence-corrected chi connectivity index (χ4v) is 8.65. The highest BCUT2D eigenvalue weighted by Crippen LogP contribution is 2.35. The van der Waals surface area contributed by atoms with Crippen LogP contribution in [0.25, 0.3) is 33.9 Å². The van der Waals surface area contributed by atoms with Crippen molar-refractivity contribution in [1.82, 2.24) is 39.5 Å². The number of primary sulfonamides is 2. The summed E-state index contributed by atoms with van der Waals surface area (Å²) >= 11 is 0. The number of nitrogens with zero attached hydrogens (tertiary/aromatic N) is 8. The minimum atomic E-state index is -4.61. The average Bonchev–Trinajstić information content (AvgIpc) is 4.15. The Hall–Kier alpha value is -8.70. The summed E-state index contributed by atoms with van der Waals surface area (Å²) in [5, 5.41) is 17.4. The molecule has 0 unspecified atom stereocenters. The molecule has 4 N–H and O–H groups in total. The monoisotopic (exact) mass is 1130 g/mol. The minimum absolute atomic E-state index is 0.138. The predicted molar refractivity (Wildman–Crippen MR) is 292 cm³/mol. The lowest BCUT2D eigenvalue weighted by molar-refractivity contribution is -0.142. The topological polar surface area (TPSA) is 208 Å². The van der Waals surface area contributed by atoms with Crippen molar-refractivity contribution in [3.8, 4) is 33.9 Å². The van der Waals surface area contributed by atoms with Crippen LogP contribution in [0.3, 0.4) is 0 Å². The van der Waals surface area contributed by atoms with E-state index in [1.807, 2.05) is 63.4 Å². The Morgan fingerprint density at radius 1 is 0.388 bits per heavy atom. The summed E-state index contributed by atoms with van der Waals surface area (Å²) < 4.78 is 126. The molecule has 0 spiro atoms. The van der Waals surface area contributed by atoms with E-state index in [2.05, 4.69) is 78.7 Å². The zero-order valence-electron chi connectivity index (χ0n) is 42.9. The van der Waals surface area contributed by atoms with Crippen molar-refractivity contribution >= 4 is 20.0 Å². The smallest absolute Gasteiger partial charge is 0.265 e. The second-order valence-corrected chi connectivity index (χ2v) is 21.0. The van der Waals surface area contributed by atoms with Crippen molar-refractivity contribution in [2.75, 3.05) is 0 Å². The Morgan fingerprint density at radius 3 is 0.863 bits per heavy atom. The number of halogens is 6. The highest BCUT2D eigenvalue weighted by Gasteiger charge is 2.36. The molecule has 0 bridgehead atoms. The summed E-state index contributed by atoms with van der Waals surface area (Å²) in [7, 11) is -7.79. The molecule has 0 aliphatic rings. The number of aromatic nitrogens is 8. The number of rotatable bonds is 12.